The topological polar surface area (TPSA) is 41.6 Å². The number of carbonyl (C=O) groups excluding carboxylic acids is 1. The number of methoxy groups -OCH3 is 1. The van der Waals surface area contributed by atoms with Crippen LogP contribution in [0.15, 0.2) is 42.5 Å². The molecule has 1 saturated heterocycles. The van der Waals surface area contributed by atoms with Crippen molar-refractivity contribution in [1.82, 2.24) is 10.2 Å². The third kappa shape index (κ3) is 6.08. The molecular formula is C26H31F3N2O2. The number of halogens is 3. The second-order valence-electron chi connectivity index (χ2n) is 9.17. The summed E-state index contributed by atoms with van der Waals surface area (Å²) in [6, 6.07) is 11.8. The zero-order valence-corrected chi connectivity index (χ0v) is 19.0. The van der Waals surface area contributed by atoms with E-state index in [1.807, 2.05) is 6.07 Å². The van der Waals surface area contributed by atoms with E-state index in [0.717, 1.165) is 57.0 Å². The van der Waals surface area contributed by atoms with Gasteiger partial charge in [-0.15, -0.1) is 0 Å². The number of piperidine rings is 1. The minimum Gasteiger partial charge on any atom is -0.497 e. The molecule has 0 aromatic heterocycles. The summed E-state index contributed by atoms with van der Waals surface area (Å²) in [4.78, 5) is 14.9. The molecule has 178 valence electrons. The van der Waals surface area contributed by atoms with Gasteiger partial charge in [-0.1, -0.05) is 24.3 Å². The fourth-order valence-electron chi connectivity index (χ4n) is 5.08. The van der Waals surface area contributed by atoms with Crippen molar-refractivity contribution in [2.75, 3.05) is 20.2 Å². The Morgan fingerprint density at radius 3 is 2.64 bits per heavy atom. The molecule has 7 heteroatoms. The van der Waals surface area contributed by atoms with Crippen LogP contribution in [0.2, 0.25) is 0 Å². The first-order chi connectivity index (χ1) is 15.8. The highest BCUT2D eigenvalue weighted by Gasteiger charge is 2.31. The number of hydrogen-bond acceptors (Lipinski definition) is 3. The third-order valence-corrected chi connectivity index (χ3v) is 6.83. The number of amides is 1. The maximum Gasteiger partial charge on any atom is 0.416 e. The third-order valence-electron chi connectivity index (χ3n) is 6.83. The summed E-state index contributed by atoms with van der Waals surface area (Å²) in [7, 11) is 1.67. The van der Waals surface area contributed by atoms with Crippen molar-refractivity contribution in [2.24, 2.45) is 0 Å². The minimum atomic E-state index is -4.32. The number of likely N-dealkylation sites (tertiary alicyclic amines) is 1. The van der Waals surface area contributed by atoms with E-state index in [4.69, 9.17) is 4.74 Å². The molecule has 0 radical (unpaired) electrons. The van der Waals surface area contributed by atoms with Crippen LogP contribution in [0, 0.1) is 0 Å². The predicted molar refractivity (Wildman–Crippen MR) is 121 cm³/mol. The van der Waals surface area contributed by atoms with Gasteiger partial charge >= 0.3 is 6.18 Å². The van der Waals surface area contributed by atoms with E-state index >= 15 is 0 Å². The predicted octanol–water partition coefficient (Wildman–Crippen LogP) is 5.30. The number of carbonyl (C=O) groups is 1. The van der Waals surface area contributed by atoms with Gasteiger partial charge in [0.05, 0.1) is 12.7 Å². The highest BCUT2D eigenvalue weighted by atomic mass is 19.4. The van der Waals surface area contributed by atoms with Crippen LogP contribution in [0.1, 0.15) is 60.3 Å². The molecule has 33 heavy (non-hydrogen) atoms. The average molecular weight is 461 g/mol. The molecule has 1 aliphatic carbocycles. The monoisotopic (exact) mass is 460 g/mol. The lowest BCUT2D eigenvalue weighted by Gasteiger charge is -2.33. The van der Waals surface area contributed by atoms with Gasteiger partial charge in [-0.2, -0.15) is 13.2 Å². The van der Waals surface area contributed by atoms with Crippen LogP contribution in [0.4, 0.5) is 13.2 Å². The van der Waals surface area contributed by atoms with Gasteiger partial charge in [0, 0.05) is 32.1 Å². The van der Waals surface area contributed by atoms with Crippen molar-refractivity contribution in [2.45, 2.75) is 63.2 Å². The number of alkyl halides is 3. The van der Waals surface area contributed by atoms with E-state index in [1.165, 1.54) is 23.3 Å². The summed E-state index contributed by atoms with van der Waals surface area (Å²) in [5.41, 5.74) is 2.60. The zero-order chi connectivity index (χ0) is 23.4. The number of fused-ring (bicyclic) bond motifs is 1. The number of benzene rings is 2. The van der Waals surface area contributed by atoms with E-state index in [2.05, 4.69) is 22.3 Å². The van der Waals surface area contributed by atoms with Gasteiger partial charge in [-0.3, -0.25) is 9.69 Å². The maximum absolute atomic E-state index is 12.9. The maximum atomic E-state index is 12.9. The lowest BCUT2D eigenvalue weighted by Crippen LogP contribution is -2.44. The molecule has 1 unspecified atom stereocenters. The molecule has 2 aliphatic rings. The number of rotatable bonds is 6. The van der Waals surface area contributed by atoms with Crippen LogP contribution in [-0.2, 0) is 23.9 Å². The Bertz CT molecular complexity index is 968. The summed E-state index contributed by atoms with van der Waals surface area (Å²) in [5.74, 6) is 1.18. The normalized spacial score (nSPS) is 19.7. The first kappa shape index (κ1) is 23.6. The summed E-state index contributed by atoms with van der Waals surface area (Å²) >= 11 is 0. The molecule has 4 rings (SSSR count). The van der Waals surface area contributed by atoms with Gasteiger partial charge in [0.25, 0.3) is 0 Å². The number of nitrogens with one attached hydrogen (secondary N) is 1. The van der Waals surface area contributed by atoms with Crippen molar-refractivity contribution >= 4 is 5.91 Å². The van der Waals surface area contributed by atoms with Crippen molar-refractivity contribution in [1.29, 1.82) is 0 Å². The second kappa shape index (κ2) is 10.2. The quantitative estimate of drug-likeness (QED) is 0.636. The molecule has 2 aromatic carbocycles. The SMILES string of the molecule is COc1ccc2c(c1)CCCC2CC(=O)NC1CCN(Cc2cccc(C(F)(F)F)c2)CC1. The van der Waals surface area contributed by atoms with E-state index in [9.17, 15) is 18.0 Å². The highest BCUT2D eigenvalue weighted by Crippen LogP contribution is 2.36. The van der Waals surface area contributed by atoms with Crippen LogP contribution < -0.4 is 10.1 Å². The molecule has 0 bridgehead atoms. The Morgan fingerprint density at radius 1 is 1.12 bits per heavy atom. The number of ether oxygens (including phenoxy) is 1. The Labute approximate surface area is 193 Å². The van der Waals surface area contributed by atoms with Gasteiger partial charge < -0.3 is 10.1 Å². The fourth-order valence-corrected chi connectivity index (χ4v) is 5.08. The van der Waals surface area contributed by atoms with Crippen molar-refractivity contribution in [3.63, 3.8) is 0 Å². The van der Waals surface area contributed by atoms with Gasteiger partial charge in [0.15, 0.2) is 0 Å². The molecule has 0 spiro atoms. The Kier molecular flexibility index (Phi) is 7.27. The Hall–Kier alpha value is -2.54. The first-order valence-electron chi connectivity index (χ1n) is 11.7. The summed E-state index contributed by atoms with van der Waals surface area (Å²) in [5, 5.41) is 3.19. The van der Waals surface area contributed by atoms with Crippen molar-refractivity contribution in [3.8, 4) is 5.75 Å². The van der Waals surface area contributed by atoms with Gasteiger partial charge in [0.2, 0.25) is 5.91 Å². The van der Waals surface area contributed by atoms with E-state index in [1.54, 1.807) is 13.2 Å². The lowest BCUT2D eigenvalue weighted by atomic mass is 9.81. The minimum absolute atomic E-state index is 0.0833. The van der Waals surface area contributed by atoms with Crippen LogP contribution in [-0.4, -0.2) is 37.0 Å². The van der Waals surface area contributed by atoms with Gasteiger partial charge in [-0.25, -0.2) is 0 Å². The fraction of sp³-hybridized carbons (Fsp3) is 0.500. The van der Waals surface area contributed by atoms with Crippen LogP contribution >= 0.6 is 0 Å². The second-order valence-corrected chi connectivity index (χ2v) is 9.17. The molecule has 4 nitrogen and oxygen atoms in total. The van der Waals surface area contributed by atoms with E-state index in [-0.39, 0.29) is 17.9 Å². The number of hydrogen-bond donors (Lipinski definition) is 1. The molecule has 1 aliphatic heterocycles. The molecule has 2 aromatic rings. The number of nitrogens with zero attached hydrogens (tertiary/aromatic N) is 1. The standard InChI is InChI=1S/C26H31F3N2O2/c1-33-23-8-9-24-19(15-23)5-3-6-20(24)16-25(32)30-22-10-12-31(13-11-22)17-18-4-2-7-21(14-18)26(27,28)29/h2,4,7-9,14-15,20,22H,3,5-6,10-13,16-17H2,1H3,(H,30,32). The molecule has 1 fully saturated rings. The van der Waals surface area contributed by atoms with Crippen LogP contribution in [0.25, 0.3) is 0 Å². The Morgan fingerprint density at radius 2 is 1.91 bits per heavy atom. The van der Waals surface area contributed by atoms with Crippen LogP contribution in [0.5, 0.6) is 5.75 Å². The molecule has 1 amide bonds. The van der Waals surface area contributed by atoms with E-state index < -0.39 is 11.7 Å². The van der Waals surface area contributed by atoms with Crippen LogP contribution in [0.3, 0.4) is 0 Å². The Balaban J connectivity index is 1.26. The zero-order valence-electron chi connectivity index (χ0n) is 19.0. The smallest absolute Gasteiger partial charge is 0.416 e. The average Bonchev–Trinajstić information content (AvgIpc) is 2.80. The summed E-state index contributed by atoms with van der Waals surface area (Å²) in [6.07, 6.45) is 0.900. The highest BCUT2D eigenvalue weighted by molar-refractivity contribution is 5.77. The molecule has 1 heterocycles. The van der Waals surface area contributed by atoms with Gasteiger partial charge in [-0.05, 0) is 72.9 Å². The number of aryl methyl sites for hydroxylation is 1. The summed E-state index contributed by atoms with van der Waals surface area (Å²) < 4.78 is 44.2. The molecule has 1 N–H and O–H groups in total. The first-order valence-corrected chi connectivity index (χ1v) is 11.7. The largest absolute Gasteiger partial charge is 0.497 e. The molecular weight excluding hydrogens is 429 g/mol. The van der Waals surface area contributed by atoms with Crippen molar-refractivity contribution in [3.05, 3.63) is 64.7 Å². The van der Waals surface area contributed by atoms with Gasteiger partial charge in [0.1, 0.15) is 5.75 Å². The van der Waals surface area contributed by atoms with Crippen molar-refractivity contribution < 1.29 is 22.7 Å². The lowest BCUT2D eigenvalue weighted by molar-refractivity contribution is -0.137. The van der Waals surface area contributed by atoms with E-state index in [0.29, 0.717) is 18.5 Å². The summed E-state index contributed by atoms with van der Waals surface area (Å²) in [6.45, 7) is 2.01. The molecule has 0 saturated carbocycles. The molecule has 1 atom stereocenters.